The lowest BCUT2D eigenvalue weighted by Gasteiger charge is -2.30. The third kappa shape index (κ3) is 2.19. The van der Waals surface area contributed by atoms with Crippen LogP contribution in [0.15, 0.2) is 41.5 Å². The monoisotopic (exact) mass is 226 g/mol. The smallest absolute Gasteiger partial charge is 0.137 e. The van der Waals surface area contributed by atoms with Crippen LogP contribution >= 0.6 is 0 Å². The SMILES string of the molecule is O=C1CCC2=C(CC[C@@H](c3ccccc3)C2)C1. The van der Waals surface area contributed by atoms with Gasteiger partial charge in [-0.15, -0.1) is 0 Å². The van der Waals surface area contributed by atoms with E-state index in [1.807, 2.05) is 0 Å². The molecule has 88 valence electrons. The molecule has 0 saturated heterocycles. The minimum absolute atomic E-state index is 0.446. The number of carbonyl (C=O) groups is 1. The Kier molecular flexibility index (Phi) is 2.84. The normalized spacial score (nSPS) is 24.7. The van der Waals surface area contributed by atoms with E-state index >= 15 is 0 Å². The van der Waals surface area contributed by atoms with Gasteiger partial charge in [-0.05, 0) is 37.2 Å². The third-order valence-electron chi connectivity index (χ3n) is 4.17. The molecular formula is C16H18O. The Balaban J connectivity index is 1.80. The molecule has 0 spiro atoms. The van der Waals surface area contributed by atoms with Gasteiger partial charge in [-0.3, -0.25) is 4.79 Å². The number of hydrogen-bond donors (Lipinski definition) is 0. The maximum absolute atomic E-state index is 11.4. The predicted molar refractivity (Wildman–Crippen MR) is 68.9 cm³/mol. The minimum atomic E-state index is 0.446. The molecule has 2 aliphatic rings. The van der Waals surface area contributed by atoms with E-state index in [0.29, 0.717) is 11.7 Å². The number of carbonyl (C=O) groups excluding carboxylic acids is 1. The maximum Gasteiger partial charge on any atom is 0.137 e. The van der Waals surface area contributed by atoms with Crippen LogP contribution in [0, 0.1) is 0 Å². The van der Waals surface area contributed by atoms with Crippen LogP contribution in [0.5, 0.6) is 0 Å². The lowest BCUT2D eigenvalue weighted by atomic mass is 9.75. The van der Waals surface area contributed by atoms with E-state index in [-0.39, 0.29) is 0 Å². The number of benzene rings is 1. The van der Waals surface area contributed by atoms with Crippen LogP contribution in [0.25, 0.3) is 0 Å². The van der Waals surface area contributed by atoms with Crippen LogP contribution < -0.4 is 0 Å². The van der Waals surface area contributed by atoms with Crippen LogP contribution in [0.2, 0.25) is 0 Å². The molecule has 0 fully saturated rings. The molecule has 0 N–H and O–H groups in total. The molecule has 3 rings (SSSR count). The largest absolute Gasteiger partial charge is 0.299 e. The van der Waals surface area contributed by atoms with Crippen molar-refractivity contribution in [3.63, 3.8) is 0 Å². The first kappa shape index (κ1) is 10.8. The number of rotatable bonds is 1. The maximum atomic E-state index is 11.4. The van der Waals surface area contributed by atoms with E-state index in [1.54, 1.807) is 5.57 Å². The second kappa shape index (κ2) is 4.48. The van der Waals surface area contributed by atoms with E-state index in [2.05, 4.69) is 30.3 Å². The average molecular weight is 226 g/mol. The average Bonchev–Trinajstić information content (AvgIpc) is 2.39. The van der Waals surface area contributed by atoms with Crippen molar-refractivity contribution in [3.05, 3.63) is 47.0 Å². The second-order valence-corrected chi connectivity index (χ2v) is 5.27. The predicted octanol–water partition coefficient (Wildman–Crippen LogP) is 4.00. The molecule has 1 nitrogen and oxygen atoms in total. The van der Waals surface area contributed by atoms with E-state index in [0.717, 1.165) is 25.7 Å². The van der Waals surface area contributed by atoms with E-state index in [9.17, 15) is 4.79 Å². The van der Waals surface area contributed by atoms with Gasteiger partial charge in [0.2, 0.25) is 0 Å². The zero-order valence-corrected chi connectivity index (χ0v) is 10.1. The third-order valence-corrected chi connectivity index (χ3v) is 4.17. The molecule has 2 aliphatic carbocycles. The van der Waals surface area contributed by atoms with Gasteiger partial charge >= 0.3 is 0 Å². The van der Waals surface area contributed by atoms with Crippen molar-refractivity contribution in [2.75, 3.05) is 0 Å². The Morgan fingerprint density at radius 3 is 2.59 bits per heavy atom. The first-order chi connectivity index (χ1) is 8.33. The fraction of sp³-hybridized carbons (Fsp3) is 0.438. The topological polar surface area (TPSA) is 17.1 Å². The van der Waals surface area contributed by atoms with Crippen LogP contribution in [0.3, 0.4) is 0 Å². The van der Waals surface area contributed by atoms with Gasteiger partial charge in [-0.25, -0.2) is 0 Å². The highest BCUT2D eigenvalue weighted by molar-refractivity contribution is 5.82. The van der Waals surface area contributed by atoms with Crippen LogP contribution in [-0.2, 0) is 4.79 Å². The summed E-state index contributed by atoms with van der Waals surface area (Å²) in [6.45, 7) is 0. The van der Waals surface area contributed by atoms with Crippen molar-refractivity contribution < 1.29 is 4.79 Å². The summed E-state index contributed by atoms with van der Waals surface area (Å²) in [4.78, 5) is 11.4. The zero-order valence-electron chi connectivity index (χ0n) is 10.1. The molecular weight excluding hydrogens is 208 g/mol. The summed E-state index contributed by atoms with van der Waals surface area (Å²) in [7, 11) is 0. The molecule has 0 aliphatic heterocycles. The highest BCUT2D eigenvalue weighted by atomic mass is 16.1. The quantitative estimate of drug-likeness (QED) is 0.661. The van der Waals surface area contributed by atoms with Gasteiger partial charge < -0.3 is 0 Å². The summed E-state index contributed by atoms with van der Waals surface area (Å²) in [6, 6.07) is 10.8. The van der Waals surface area contributed by atoms with Gasteiger partial charge in [-0.2, -0.15) is 0 Å². The molecule has 1 aromatic rings. The Labute approximate surface area is 103 Å². The molecule has 0 heterocycles. The van der Waals surface area contributed by atoms with Crippen molar-refractivity contribution in [2.24, 2.45) is 0 Å². The second-order valence-electron chi connectivity index (χ2n) is 5.27. The van der Waals surface area contributed by atoms with Crippen molar-refractivity contribution in [1.82, 2.24) is 0 Å². The Morgan fingerprint density at radius 1 is 0.941 bits per heavy atom. The van der Waals surface area contributed by atoms with E-state index < -0.39 is 0 Å². The van der Waals surface area contributed by atoms with Gasteiger partial charge in [0.15, 0.2) is 0 Å². The lowest BCUT2D eigenvalue weighted by Crippen LogP contribution is -2.16. The summed E-state index contributed by atoms with van der Waals surface area (Å²) >= 11 is 0. The van der Waals surface area contributed by atoms with Crippen LogP contribution in [-0.4, -0.2) is 5.78 Å². The number of Topliss-reactive ketones (excluding diaryl/α,β-unsaturated/α-hetero) is 1. The van der Waals surface area contributed by atoms with E-state index in [1.165, 1.54) is 24.0 Å². The fourth-order valence-electron chi connectivity index (χ4n) is 3.19. The summed E-state index contributed by atoms with van der Waals surface area (Å²) in [5.41, 5.74) is 4.52. The lowest BCUT2D eigenvalue weighted by molar-refractivity contribution is -0.118. The Morgan fingerprint density at radius 2 is 1.76 bits per heavy atom. The summed E-state index contributed by atoms with van der Waals surface area (Å²) < 4.78 is 0. The first-order valence-electron chi connectivity index (χ1n) is 6.59. The highest BCUT2D eigenvalue weighted by Gasteiger charge is 2.26. The Hall–Kier alpha value is -1.37. The number of hydrogen-bond acceptors (Lipinski definition) is 1. The summed E-state index contributed by atoms with van der Waals surface area (Å²) in [6.07, 6.45) is 6.10. The van der Waals surface area contributed by atoms with Gasteiger partial charge in [0.25, 0.3) is 0 Å². The van der Waals surface area contributed by atoms with Crippen LogP contribution in [0.1, 0.15) is 50.0 Å². The first-order valence-corrected chi connectivity index (χ1v) is 6.59. The summed E-state index contributed by atoms with van der Waals surface area (Å²) in [5.74, 6) is 1.13. The van der Waals surface area contributed by atoms with Crippen LogP contribution in [0.4, 0.5) is 0 Å². The van der Waals surface area contributed by atoms with Gasteiger partial charge in [-0.1, -0.05) is 41.5 Å². The molecule has 1 aromatic carbocycles. The molecule has 0 amide bonds. The fourth-order valence-corrected chi connectivity index (χ4v) is 3.19. The molecule has 0 radical (unpaired) electrons. The molecule has 1 atom stereocenters. The van der Waals surface area contributed by atoms with Gasteiger partial charge in [0.05, 0.1) is 0 Å². The molecule has 0 saturated carbocycles. The minimum Gasteiger partial charge on any atom is -0.299 e. The van der Waals surface area contributed by atoms with Crippen molar-refractivity contribution in [2.45, 2.75) is 44.4 Å². The standard InChI is InChI=1S/C16H18O/c17-16-9-8-14-10-13(6-7-15(14)11-16)12-4-2-1-3-5-12/h1-5,13H,6-11H2/t13-/m1/s1. The number of allylic oxidation sites excluding steroid dienone is 2. The van der Waals surface area contributed by atoms with E-state index in [4.69, 9.17) is 0 Å². The Bertz CT molecular complexity index is 456. The number of ketones is 1. The van der Waals surface area contributed by atoms with Crippen molar-refractivity contribution in [3.8, 4) is 0 Å². The highest BCUT2D eigenvalue weighted by Crippen LogP contribution is 2.41. The van der Waals surface area contributed by atoms with Crippen molar-refractivity contribution >= 4 is 5.78 Å². The van der Waals surface area contributed by atoms with Gasteiger partial charge in [0, 0.05) is 12.8 Å². The summed E-state index contributed by atoms with van der Waals surface area (Å²) in [5, 5.41) is 0. The van der Waals surface area contributed by atoms with Gasteiger partial charge in [0.1, 0.15) is 5.78 Å². The molecule has 17 heavy (non-hydrogen) atoms. The van der Waals surface area contributed by atoms with Crippen molar-refractivity contribution in [1.29, 1.82) is 0 Å². The zero-order chi connectivity index (χ0) is 11.7. The molecule has 1 heteroatoms. The molecule has 0 unspecified atom stereocenters. The molecule has 0 bridgehead atoms. The molecule has 0 aromatic heterocycles.